The quantitative estimate of drug-likeness (QED) is 0.516. The van der Waals surface area contributed by atoms with Crippen molar-refractivity contribution >= 4 is 11.8 Å². The van der Waals surface area contributed by atoms with Crippen LogP contribution in [0.4, 0.5) is 0 Å². The van der Waals surface area contributed by atoms with Crippen LogP contribution < -0.4 is 0 Å². The first-order valence-corrected chi connectivity index (χ1v) is 2.28. The van der Waals surface area contributed by atoms with Crippen molar-refractivity contribution in [2.45, 2.75) is 0 Å². The van der Waals surface area contributed by atoms with E-state index in [1.54, 1.807) is 6.07 Å². The fourth-order valence-corrected chi connectivity index (χ4v) is 0.497. The molecule has 4 heteroatoms. The molecule has 0 atom stereocenters. The van der Waals surface area contributed by atoms with Crippen molar-refractivity contribution in [1.29, 1.82) is 5.26 Å². The summed E-state index contributed by atoms with van der Waals surface area (Å²) in [6.45, 7) is 0. The van der Waals surface area contributed by atoms with Gasteiger partial charge in [-0.15, -0.1) is 0 Å². The lowest BCUT2D eigenvalue weighted by Crippen LogP contribution is -1.81. The molecule has 0 fully saturated rings. The average Bonchev–Trinajstić information content (AvgIpc) is 2.14. The average molecular weight is 128 g/mol. The minimum absolute atomic E-state index is 0.215. The van der Waals surface area contributed by atoms with Crippen LogP contribution in [0.3, 0.4) is 0 Å². The molecule has 1 aromatic heterocycles. The van der Waals surface area contributed by atoms with Gasteiger partial charge in [0.2, 0.25) is 5.82 Å². The molecule has 3 nitrogen and oxygen atoms in total. The van der Waals surface area contributed by atoms with Gasteiger partial charge < -0.3 is 0 Å². The van der Waals surface area contributed by atoms with Crippen molar-refractivity contribution < 1.29 is 0 Å². The van der Waals surface area contributed by atoms with Gasteiger partial charge in [-0.3, -0.25) is 0 Å². The molecule has 0 unspecified atom stereocenters. The van der Waals surface area contributed by atoms with Crippen LogP contribution in [0, 0.1) is 11.3 Å². The SMILES string of the molecule is N#Cc1nccn1Cl. The molecule has 0 aromatic carbocycles. The Balaban J connectivity index is 3.15. The third-order valence-electron chi connectivity index (χ3n) is 0.697. The molecule has 0 radical (unpaired) electrons. The first-order chi connectivity index (χ1) is 3.84. The van der Waals surface area contributed by atoms with Crippen LogP contribution in [0.25, 0.3) is 0 Å². The van der Waals surface area contributed by atoms with Crippen LogP contribution in [0.15, 0.2) is 12.4 Å². The zero-order valence-corrected chi connectivity index (χ0v) is 4.63. The van der Waals surface area contributed by atoms with Gasteiger partial charge in [0, 0.05) is 24.2 Å². The maximum Gasteiger partial charge on any atom is 0.227 e. The van der Waals surface area contributed by atoms with E-state index in [0.717, 1.165) is 4.09 Å². The number of aromatic nitrogens is 2. The summed E-state index contributed by atoms with van der Waals surface area (Å²) in [5.41, 5.74) is 0. The van der Waals surface area contributed by atoms with E-state index in [0.29, 0.717) is 0 Å². The number of imidazole rings is 1. The molecule has 0 aliphatic carbocycles. The molecule has 0 spiro atoms. The third kappa shape index (κ3) is 0.658. The van der Waals surface area contributed by atoms with Crippen molar-refractivity contribution in [1.82, 2.24) is 9.07 Å². The van der Waals surface area contributed by atoms with Crippen molar-refractivity contribution in [3.63, 3.8) is 0 Å². The molecule has 40 valence electrons. The summed E-state index contributed by atoms with van der Waals surface area (Å²) in [6.07, 6.45) is 2.96. The Hall–Kier alpha value is -1.01. The van der Waals surface area contributed by atoms with Gasteiger partial charge >= 0.3 is 0 Å². The van der Waals surface area contributed by atoms with Crippen molar-refractivity contribution in [2.75, 3.05) is 0 Å². The number of nitriles is 1. The van der Waals surface area contributed by atoms with E-state index in [1.165, 1.54) is 12.4 Å². The fraction of sp³-hybridized carbons (Fsp3) is 0. The van der Waals surface area contributed by atoms with E-state index in [4.69, 9.17) is 17.0 Å². The van der Waals surface area contributed by atoms with E-state index < -0.39 is 0 Å². The summed E-state index contributed by atoms with van der Waals surface area (Å²) < 4.78 is 1.14. The summed E-state index contributed by atoms with van der Waals surface area (Å²) in [5, 5.41) is 8.19. The first-order valence-electron chi connectivity index (χ1n) is 1.94. The van der Waals surface area contributed by atoms with Crippen LogP contribution in [0.2, 0.25) is 0 Å². The number of hydrogen-bond donors (Lipinski definition) is 0. The third-order valence-corrected chi connectivity index (χ3v) is 0.970. The molecule has 8 heavy (non-hydrogen) atoms. The Morgan fingerprint density at radius 1 is 1.88 bits per heavy atom. The van der Waals surface area contributed by atoms with E-state index in [2.05, 4.69) is 4.98 Å². The fourth-order valence-electron chi connectivity index (χ4n) is 0.365. The molecule has 0 saturated carbocycles. The second-order valence-corrected chi connectivity index (χ2v) is 1.54. The molecule has 0 amide bonds. The summed E-state index contributed by atoms with van der Waals surface area (Å²) in [4.78, 5) is 3.60. The van der Waals surface area contributed by atoms with Crippen LogP contribution in [-0.2, 0) is 0 Å². The van der Waals surface area contributed by atoms with Gasteiger partial charge in [-0.05, 0) is 0 Å². The zero-order valence-electron chi connectivity index (χ0n) is 3.87. The second-order valence-electron chi connectivity index (χ2n) is 1.17. The van der Waals surface area contributed by atoms with Crippen LogP contribution in [-0.4, -0.2) is 9.07 Å². The number of rotatable bonds is 0. The van der Waals surface area contributed by atoms with Gasteiger partial charge in [0.05, 0.1) is 0 Å². The van der Waals surface area contributed by atoms with Gasteiger partial charge in [-0.1, -0.05) is 0 Å². The predicted octanol–water partition coefficient (Wildman–Crippen LogP) is 0.757. The molecule has 0 aliphatic rings. The highest BCUT2D eigenvalue weighted by molar-refractivity contribution is 6.15. The molecule has 0 saturated heterocycles. The topological polar surface area (TPSA) is 41.6 Å². The Labute approximate surface area is 51.2 Å². The minimum atomic E-state index is 0.215. The molecule has 1 aromatic rings. The largest absolute Gasteiger partial charge is 0.233 e. The van der Waals surface area contributed by atoms with Gasteiger partial charge in [0.15, 0.2) is 0 Å². The zero-order chi connectivity index (χ0) is 5.98. The van der Waals surface area contributed by atoms with Crippen molar-refractivity contribution in [2.24, 2.45) is 0 Å². The second kappa shape index (κ2) is 1.85. The summed E-state index contributed by atoms with van der Waals surface area (Å²) in [6, 6.07) is 1.80. The first kappa shape index (κ1) is 5.13. The normalized spacial score (nSPS) is 8.50. The number of nitrogens with zero attached hydrogens (tertiary/aromatic N) is 3. The maximum atomic E-state index is 8.19. The van der Waals surface area contributed by atoms with E-state index in [9.17, 15) is 0 Å². The summed E-state index contributed by atoms with van der Waals surface area (Å²) in [5.74, 6) is 0.215. The Morgan fingerprint density at radius 2 is 2.62 bits per heavy atom. The molecule has 0 N–H and O–H groups in total. The van der Waals surface area contributed by atoms with Crippen molar-refractivity contribution in [3.05, 3.63) is 18.2 Å². The molecule has 1 heterocycles. The minimum Gasteiger partial charge on any atom is -0.233 e. The maximum absolute atomic E-state index is 8.19. The molecule has 0 aliphatic heterocycles. The van der Waals surface area contributed by atoms with E-state index in [-0.39, 0.29) is 5.82 Å². The lowest BCUT2D eigenvalue weighted by atomic mass is 10.7. The highest BCUT2D eigenvalue weighted by Crippen LogP contribution is 1.94. The molecule has 1 rings (SSSR count). The van der Waals surface area contributed by atoms with E-state index in [1.807, 2.05) is 0 Å². The summed E-state index contributed by atoms with van der Waals surface area (Å²) >= 11 is 5.37. The van der Waals surface area contributed by atoms with Gasteiger partial charge in [0.1, 0.15) is 6.07 Å². The highest BCUT2D eigenvalue weighted by Gasteiger charge is 1.93. The molecular formula is C4H2ClN3. The molecular weight excluding hydrogens is 126 g/mol. The van der Waals surface area contributed by atoms with E-state index >= 15 is 0 Å². The lowest BCUT2D eigenvalue weighted by Gasteiger charge is -1.80. The number of hydrogen-bond acceptors (Lipinski definition) is 2. The lowest BCUT2D eigenvalue weighted by molar-refractivity contribution is 1.15. The number of halogens is 1. The highest BCUT2D eigenvalue weighted by atomic mass is 35.5. The van der Waals surface area contributed by atoms with Gasteiger partial charge in [0.25, 0.3) is 0 Å². The van der Waals surface area contributed by atoms with Crippen LogP contribution >= 0.6 is 11.8 Å². The van der Waals surface area contributed by atoms with Crippen molar-refractivity contribution in [3.8, 4) is 6.07 Å². The monoisotopic (exact) mass is 127 g/mol. The smallest absolute Gasteiger partial charge is 0.227 e. The van der Waals surface area contributed by atoms with Gasteiger partial charge in [-0.25, -0.2) is 9.07 Å². The molecule has 0 bridgehead atoms. The Kier molecular flexibility index (Phi) is 1.18. The Morgan fingerprint density at radius 3 is 2.88 bits per heavy atom. The summed E-state index contributed by atoms with van der Waals surface area (Å²) in [7, 11) is 0. The Bertz CT molecular complexity index is 221. The van der Waals surface area contributed by atoms with Gasteiger partial charge in [-0.2, -0.15) is 5.26 Å². The van der Waals surface area contributed by atoms with Crippen LogP contribution in [0.5, 0.6) is 0 Å². The van der Waals surface area contributed by atoms with Crippen LogP contribution in [0.1, 0.15) is 5.82 Å². The standard InChI is InChI=1S/C4H2ClN3/c5-8-2-1-7-4(8)3-6/h1-2H. The predicted molar refractivity (Wildman–Crippen MR) is 28.2 cm³/mol.